The summed E-state index contributed by atoms with van der Waals surface area (Å²) in [5.41, 5.74) is 0. The van der Waals surface area contributed by atoms with Gasteiger partial charge in [-0.25, -0.2) is 0 Å². The van der Waals surface area contributed by atoms with Crippen LogP contribution in [0.5, 0.6) is 0 Å². The second kappa shape index (κ2) is 10.2. The topological polar surface area (TPSA) is 35.5 Å². The van der Waals surface area contributed by atoms with Gasteiger partial charge in [0.2, 0.25) is 0 Å². The molecule has 0 aromatic heterocycles. The molecule has 0 aliphatic heterocycles. The molecule has 0 N–H and O–H groups in total. The Morgan fingerprint density at radius 1 is 0.852 bits per heavy atom. The molecule has 0 aromatic rings. The molecule has 0 amide bonds. The van der Waals surface area contributed by atoms with E-state index >= 15 is 0 Å². The summed E-state index contributed by atoms with van der Waals surface area (Å²) in [6.07, 6.45) is 5.27. The summed E-state index contributed by atoms with van der Waals surface area (Å²) in [7, 11) is -3.36. The number of hydrogen-bond donors (Lipinski definition) is 0. The molecule has 4 atom stereocenters. The zero-order valence-corrected chi connectivity index (χ0v) is 20.8. The third-order valence-corrected chi connectivity index (χ3v) is 17.4. The van der Waals surface area contributed by atoms with Crippen LogP contribution in [0.2, 0.25) is 36.3 Å². The number of carbonyl (C=O) groups excluding carboxylic acids is 1. The van der Waals surface area contributed by atoms with Crippen LogP contribution in [0.3, 0.4) is 0 Å². The fourth-order valence-corrected chi connectivity index (χ4v) is 11.4. The molecule has 0 aromatic carbocycles. The van der Waals surface area contributed by atoms with E-state index in [0.717, 1.165) is 32.1 Å². The summed E-state index contributed by atoms with van der Waals surface area (Å²) in [4.78, 5) is 12.3. The molecular weight excluding hydrogens is 368 g/mol. The summed E-state index contributed by atoms with van der Waals surface area (Å²) in [6, 6.07) is 7.15. The highest BCUT2D eigenvalue weighted by Gasteiger charge is 2.50. The van der Waals surface area contributed by atoms with Gasteiger partial charge < -0.3 is 8.85 Å². The van der Waals surface area contributed by atoms with Crippen LogP contribution in [0.4, 0.5) is 0 Å². The summed E-state index contributed by atoms with van der Waals surface area (Å²) >= 11 is 0. The molecule has 158 valence electrons. The molecule has 2 fully saturated rings. The minimum Gasteiger partial charge on any atom is -0.411 e. The van der Waals surface area contributed by atoms with Crippen molar-refractivity contribution in [2.75, 3.05) is 0 Å². The van der Waals surface area contributed by atoms with E-state index in [1.165, 1.54) is 36.3 Å². The zero-order chi connectivity index (χ0) is 20.1. The predicted molar refractivity (Wildman–Crippen MR) is 119 cm³/mol. The molecule has 2 saturated carbocycles. The van der Waals surface area contributed by atoms with E-state index in [0.29, 0.717) is 17.6 Å². The van der Waals surface area contributed by atoms with Gasteiger partial charge in [0.1, 0.15) is 5.78 Å². The minimum atomic E-state index is -1.69. The smallest absolute Gasteiger partial charge is 0.192 e. The Balaban J connectivity index is 2.30. The highest BCUT2D eigenvalue weighted by atomic mass is 28.4. The first-order valence-corrected chi connectivity index (χ1v) is 16.8. The van der Waals surface area contributed by atoms with Crippen molar-refractivity contribution in [3.05, 3.63) is 0 Å². The van der Waals surface area contributed by atoms with Crippen molar-refractivity contribution in [2.45, 2.75) is 122 Å². The Bertz CT molecular complexity index is 458. The molecule has 27 heavy (non-hydrogen) atoms. The second-order valence-electron chi connectivity index (χ2n) is 9.02. The lowest BCUT2D eigenvalue weighted by Gasteiger charge is -2.40. The molecule has 2 aliphatic rings. The van der Waals surface area contributed by atoms with Gasteiger partial charge in [-0.2, -0.15) is 0 Å². The maximum absolute atomic E-state index is 12.3. The normalized spacial score (nSPS) is 29.6. The van der Waals surface area contributed by atoms with Gasteiger partial charge in [-0.1, -0.05) is 41.5 Å². The molecule has 1 unspecified atom stereocenters. The van der Waals surface area contributed by atoms with Gasteiger partial charge in [0.25, 0.3) is 0 Å². The van der Waals surface area contributed by atoms with E-state index < -0.39 is 16.6 Å². The van der Waals surface area contributed by atoms with E-state index in [9.17, 15) is 4.79 Å². The lowest BCUT2D eigenvalue weighted by molar-refractivity contribution is -0.119. The van der Waals surface area contributed by atoms with Crippen molar-refractivity contribution in [1.29, 1.82) is 0 Å². The van der Waals surface area contributed by atoms with Crippen LogP contribution in [0.15, 0.2) is 0 Å². The standard InChI is InChI=1S/C22H44O3Si2/c1-7-26(8-2,9-3)24-21-17-18-16-19(23)14-13-15-20(18)22(21)25-27(10-4,11-5)12-6/h18,20-22H,7-17H2,1-6H3/t18?,20-,21-,22+/m0/s1. The van der Waals surface area contributed by atoms with Crippen molar-refractivity contribution in [3.8, 4) is 0 Å². The van der Waals surface area contributed by atoms with Crippen molar-refractivity contribution in [3.63, 3.8) is 0 Å². The summed E-state index contributed by atoms with van der Waals surface area (Å²) < 4.78 is 14.2. The lowest BCUT2D eigenvalue weighted by Crippen LogP contribution is -2.49. The van der Waals surface area contributed by atoms with Crippen LogP contribution in [0, 0.1) is 11.8 Å². The third kappa shape index (κ3) is 5.15. The van der Waals surface area contributed by atoms with Crippen LogP contribution >= 0.6 is 0 Å². The van der Waals surface area contributed by atoms with E-state index in [1.54, 1.807) is 0 Å². The molecule has 5 heteroatoms. The first-order chi connectivity index (χ1) is 12.9. The van der Waals surface area contributed by atoms with Gasteiger partial charge in [0, 0.05) is 12.8 Å². The van der Waals surface area contributed by atoms with Gasteiger partial charge in [0.05, 0.1) is 12.2 Å². The van der Waals surface area contributed by atoms with Crippen LogP contribution in [0.25, 0.3) is 0 Å². The zero-order valence-electron chi connectivity index (χ0n) is 18.8. The van der Waals surface area contributed by atoms with Gasteiger partial charge in [-0.3, -0.25) is 4.79 Å². The first-order valence-electron chi connectivity index (χ1n) is 11.8. The predicted octanol–water partition coefficient (Wildman–Crippen LogP) is 6.55. The summed E-state index contributed by atoms with van der Waals surface area (Å²) in [5.74, 6) is 1.50. The van der Waals surface area contributed by atoms with Gasteiger partial charge >= 0.3 is 0 Å². The third-order valence-electron chi connectivity index (χ3n) is 8.07. The highest BCUT2D eigenvalue weighted by molar-refractivity contribution is 6.74. The minimum absolute atomic E-state index is 0.231. The van der Waals surface area contributed by atoms with Crippen molar-refractivity contribution >= 4 is 22.4 Å². The molecule has 0 heterocycles. The fourth-order valence-electron chi connectivity index (χ4n) is 5.60. The molecule has 0 spiro atoms. The summed E-state index contributed by atoms with van der Waals surface area (Å²) in [5, 5.41) is 0. The maximum Gasteiger partial charge on any atom is 0.192 e. The SMILES string of the molecule is CC[Si](CC)(CC)O[C@H]1[C@@H](O[Si](CC)(CC)CC)CC2CC(=O)CCC[C@@H]21. The highest BCUT2D eigenvalue weighted by Crippen LogP contribution is 2.46. The lowest BCUT2D eigenvalue weighted by atomic mass is 9.90. The maximum atomic E-state index is 12.3. The quantitative estimate of drug-likeness (QED) is 0.382. The Morgan fingerprint density at radius 3 is 1.89 bits per heavy atom. The Labute approximate surface area is 170 Å². The van der Waals surface area contributed by atoms with Crippen molar-refractivity contribution < 1.29 is 13.6 Å². The van der Waals surface area contributed by atoms with Crippen LogP contribution < -0.4 is 0 Å². The summed E-state index contributed by atoms with van der Waals surface area (Å²) in [6.45, 7) is 13.9. The number of hydrogen-bond acceptors (Lipinski definition) is 3. The molecule has 2 rings (SSSR count). The van der Waals surface area contributed by atoms with Gasteiger partial charge in [0.15, 0.2) is 16.6 Å². The van der Waals surface area contributed by atoms with E-state index in [4.69, 9.17) is 8.85 Å². The molecule has 2 aliphatic carbocycles. The van der Waals surface area contributed by atoms with Crippen molar-refractivity contribution in [2.24, 2.45) is 11.8 Å². The molecular formula is C22H44O3Si2. The Morgan fingerprint density at radius 2 is 1.37 bits per heavy atom. The largest absolute Gasteiger partial charge is 0.411 e. The number of Topliss-reactive ketones (excluding diaryl/α,β-unsaturated/α-hetero) is 1. The fraction of sp³-hybridized carbons (Fsp3) is 0.955. The van der Waals surface area contributed by atoms with Crippen LogP contribution in [-0.2, 0) is 13.6 Å². The number of fused-ring (bicyclic) bond motifs is 1. The van der Waals surface area contributed by atoms with Gasteiger partial charge in [-0.15, -0.1) is 0 Å². The van der Waals surface area contributed by atoms with E-state index in [-0.39, 0.29) is 12.2 Å². The average molecular weight is 413 g/mol. The molecule has 3 nitrogen and oxygen atoms in total. The van der Waals surface area contributed by atoms with Crippen LogP contribution in [-0.4, -0.2) is 34.6 Å². The van der Waals surface area contributed by atoms with Crippen molar-refractivity contribution in [1.82, 2.24) is 0 Å². The van der Waals surface area contributed by atoms with Crippen LogP contribution in [0.1, 0.15) is 73.6 Å². The number of carbonyl (C=O) groups is 1. The molecule has 0 bridgehead atoms. The van der Waals surface area contributed by atoms with Gasteiger partial charge in [-0.05, 0) is 67.4 Å². The first kappa shape index (κ1) is 23.3. The average Bonchev–Trinajstić information content (AvgIpc) is 2.87. The van der Waals surface area contributed by atoms with E-state index in [1.807, 2.05) is 0 Å². The molecule has 0 radical (unpaired) electrons. The number of rotatable bonds is 10. The second-order valence-corrected chi connectivity index (χ2v) is 18.5. The number of ketones is 1. The van der Waals surface area contributed by atoms with E-state index in [2.05, 4.69) is 41.5 Å². The Kier molecular flexibility index (Phi) is 8.78. The monoisotopic (exact) mass is 412 g/mol. The molecule has 0 saturated heterocycles. The Hall–Kier alpha value is 0.0238.